The molecule has 0 radical (unpaired) electrons. The molecule has 1 aliphatic rings. The lowest BCUT2D eigenvalue weighted by Crippen LogP contribution is -2.33. The Kier molecular flexibility index (Phi) is 4.64. The van der Waals surface area contributed by atoms with E-state index in [-0.39, 0.29) is 6.54 Å². The third-order valence-electron chi connectivity index (χ3n) is 3.44. The van der Waals surface area contributed by atoms with Gasteiger partial charge in [0.1, 0.15) is 0 Å². The minimum absolute atomic E-state index is 0.105. The number of hydrogen-bond donors (Lipinski definition) is 0. The van der Waals surface area contributed by atoms with E-state index in [1.54, 1.807) is 24.3 Å². The quantitative estimate of drug-likeness (QED) is 0.617. The zero-order valence-corrected chi connectivity index (χ0v) is 12.5. The molecule has 1 aromatic carbocycles. The summed E-state index contributed by atoms with van der Waals surface area (Å²) in [6, 6.07) is 6.87. The van der Waals surface area contributed by atoms with Crippen molar-refractivity contribution in [3.05, 3.63) is 41.5 Å². The standard InChI is InChI=1S/C16H19NO2S/c1-3-12-17(13-15-6-4-5-7-15)20(18,19)16-10-8-14(2)9-11-16/h1,6,8-11H,4-5,7,12-13H2,2H3. The van der Waals surface area contributed by atoms with E-state index >= 15 is 0 Å². The average molecular weight is 289 g/mol. The maximum absolute atomic E-state index is 12.6. The second-order valence-electron chi connectivity index (χ2n) is 5.04. The third-order valence-corrected chi connectivity index (χ3v) is 5.25. The molecule has 0 saturated heterocycles. The van der Waals surface area contributed by atoms with Crippen LogP contribution in [-0.2, 0) is 10.0 Å². The van der Waals surface area contributed by atoms with Gasteiger partial charge in [0.2, 0.25) is 10.0 Å². The first-order chi connectivity index (χ1) is 9.54. The van der Waals surface area contributed by atoms with Crippen LogP contribution in [0, 0.1) is 19.3 Å². The van der Waals surface area contributed by atoms with Gasteiger partial charge in [-0.05, 0) is 38.3 Å². The monoisotopic (exact) mass is 289 g/mol. The number of rotatable bonds is 5. The van der Waals surface area contributed by atoms with Gasteiger partial charge in [0, 0.05) is 6.54 Å². The highest BCUT2D eigenvalue weighted by Crippen LogP contribution is 2.22. The summed E-state index contributed by atoms with van der Waals surface area (Å²) in [4.78, 5) is 0.303. The molecule has 0 atom stereocenters. The van der Waals surface area contributed by atoms with Gasteiger partial charge in [-0.3, -0.25) is 0 Å². The van der Waals surface area contributed by atoms with Crippen LogP contribution in [0.15, 0.2) is 40.8 Å². The van der Waals surface area contributed by atoms with Crippen molar-refractivity contribution in [3.8, 4) is 12.3 Å². The number of terminal acetylenes is 1. The van der Waals surface area contributed by atoms with Crippen LogP contribution in [0.3, 0.4) is 0 Å². The average Bonchev–Trinajstić information content (AvgIpc) is 2.92. The number of nitrogens with zero attached hydrogens (tertiary/aromatic N) is 1. The van der Waals surface area contributed by atoms with Crippen LogP contribution in [-0.4, -0.2) is 25.8 Å². The topological polar surface area (TPSA) is 37.4 Å². The fraction of sp³-hybridized carbons (Fsp3) is 0.375. The summed E-state index contributed by atoms with van der Waals surface area (Å²) in [6.45, 7) is 2.44. The first kappa shape index (κ1) is 14.8. The van der Waals surface area contributed by atoms with Crippen LogP contribution in [0.4, 0.5) is 0 Å². The van der Waals surface area contributed by atoms with Crippen LogP contribution in [0.5, 0.6) is 0 Å². The highest BCUT2D eigenvalue weighted by Gasteiger charge is 2.25. The van der Waals surface area contributed by atoms with Crippen LogP contribution in [0.25, 0.3) is 0 Å². The second-order valence-corrected chi connectivity index (χ2v) is 6.98. The molecule has 0 saturated carbocycles. The molecule has 0 aromatic heterocycles. The molecule has 0 aliphatic heterocycles. The van der Waals surface area contributed by atoms with Crippen molar-refractivity contribution in [2.45, 2.75) is 31.1 Å². The largest absolute Gasteiger partial charge is 0.244 e. The highest BCUT2D eigenvalue weighted by molar-refractivity contribution is 7.89. The summed E-state index contributed by atoms with van der Waals surface area (Å²) in [5, 5.41) is 0. The van der Waals surface area contributed by atoms with Gasteiger partial charge in [0.15, 0.2) is 0 Å². The molecular weight excluding hydrogens is 270 g/mol. The van der Waals surface area contributed by atoms with E-state index in [9.17, 15) is 8.42 Å². The summed E-state index contributed by atoms with van der Waals surface area (Å²) >= 11 is 0. The number of benzene rings is 1. The van der Waals surface area contributed by atoms with E-state index in [0.717, 1.165) is 30.4 Å². The first-order valence-electron chi connectivity index (χ1n) is 6.72. The number of allylic oxidation sites excluding steroid dienone is 1. The Morgan fingerprint density at radius 1 is 1.30 bits per heavy atom. The molecule has 0 heterocycles. The Balaban J connectivity index is 2.27. The van der Waals surface area contributed by atoms with E-state index in [0.29, 0.717) is 11.4 Å². The maximum Gasteiger partial charge on any atom is 0.244 e. The van der Waals surface area contributed by atoms with Crippen molar-refractivity contribution in [2.75, 3.05) is 13.1 Å². The lowest BCUT2D eigenvalue weighted by molar-refractivity contribution is 0.468. The molecule has 0 N–H and O–H groups in total. The minimum atomic E-state index is -3.52. The van der Waals surface area contributed by atoms with Crippen molar-refractivity contribution in [1.82, 2.24) is 4.31 Å². The van der Waals surface area contributed by atoms with E-state index < -0.39 is 10.0 Å². The van der Waals surface area contributed by atoms with E-state index in [1.807, 2.05) is 6.92 Å². The Morgan fingerprint density at radius 2 is 2.00 bits per heavy atom. The van der Waals surface area contributed by atoms with Crippen LogP contribution in [0.1, 0.15) is 24.8 Å². The van der Waals surface area contributed by atoms with Gasteiger partial charge in [-0.1, -0.05) is 35.3 Å². The smallest absolute Gasteiger partial charge is 0.207 e. The Bertz CT molecular complexity index is 636. The number of sulfonamides is 1. The van der Waals surface area contributed by atoms with Crippen LogP contribution >= 0.6 is 0 Å². The minimum Gasteiger partial charge on any atom is -0.207 e. The van der Waals surface area contributed by atoms with Crippen molar-refractivity contribution < 1.29 is 8.42 Å². The van der Waals surface area contributed by atoms with E-state index in [1.165, 1.54) is 4.31 Å². The summed E-state index contributed by atoms with van der Waals surface area (Å²) in [5.74, 6) is 2.45. The molecule has 3 nitrogen and oxygen atoms in total. The van der Waals surface area contributed by atoms with E-state index in [2.05, 4.69) is 12.0 Å². The Labute approximate surface area is 121 Å². The van der Waals surface area contributed by atoms with Gasteiger partial charge in [-0.15, -0.1) is 6.42 Å². The van der Waals surface area contributed by atoms with Crippen molar-refractivity contribution in [3.63, 3.8) is 0 Å². The van der Waals surface area contributed by atoms with Crippen molar-refractivity contribution in [1.29, 1.82) is 0 Å². The molecule has 0 amide bonds. The molecule has 4 heteroatoms. The molecule has 20 heavy (non-hydrogen) atoms. The molecule has 106 valence electrons. The van der Waals surface area contributed by atoms with Gasteiger partial charge in [-0.25, -0.2) is 8.42 Å². The molecular formula is C16H19NO2S. The fourth-order valence-electron chi connectivity index (χ4n) is 2.29. The number of hydrogen-bond acceptors (Lipinski definition) is 2. The predicted octanol–water partition coefficient (Wildman–Crippen LogP) is 2.73. The first-order valence-corrected chi connectivity index (χ1v) is 8.16. The van der Waals surface area contributed by atoms with Crippen LogP contribution in [0.2, 0.25) is 0 Å². The van der Waals surface area contributed by atoms with Gasteiger partial charge in [-0.2, -0.15) is 4.31 Å². The summed E-state index contributed by atoms with van der Waals surface area (Å²) in [7, 11) is -3.52. The van der Waals surface area contributed by atoms with E-state index in [4.69, 9.17) is 6.42 Å². The Morgan fingerprint density at radius 3 is 2.55 bits per heavy atom. The molecule has 1 aliphatic carbocycles. The second kappa shape index (κ2) is 6.25. The summed E-state index contributed by atoms with van der Waals surface area (Å²) in [5.41, 5.74) is 2.20. The third kappa shape index (κ3) is 3.30. The summed E-state index contributed by atoms with van der Waals surface area (Å²) in [6.07, 6.45) is 10.5. The predicted molar refractivity (Wildman–Crippen MR) is 80.7 cm³/mol. The van der Waals surface area contributed by atoms with Crippen LogP contribution < -0.4 is 0 Å². The SMILES string of the molecule is C#CCN(CC1=CCCC1)S(=O)(=O)c1ccc(C)cc1. The van der Waals surface area contributed by atoms with Crippen molar-refractivity contribution >= 4 is 10.0 Å². The highest BCUT2D eigenvalue weighted by atomic mass is 32.2. The fourth-order valence-corrected chi connectivity index (χ4v) is 3.65. The zero-order valence-electron chi connectivity index (χ0n) is 11.7. The molecule has 0 unspecified atom stereocenters. The Hall–Kier alpha value is -1.57. The lowest BCUT2D eigenvalue weighted by atomic mass is 10.2. The lowest BCUT2D eigenvalue weighted by Gasteiger charge is -2.20. The van der Waals surface area contributed by atoms with Gasteiger partial charge in [0.05, 0.1) is 11.4 Å². The van der Waals surface area contributed by atoms with Gasteiger partial charge < -0.3 is 0 Å². The van der Waals surface area contributed by atoms with Gasteiger partial charge in [0.25, 0.3) is 0 Å². The zero-order chi connectivity index (χ0) is 14.6. The van der Waals surface area contributed by atoms with Crippen molar-refractivity contribution in [2.24, 2.45) is 0 Å². The summed E-state index contributed by atoms with van der Waals surface area (Å²) < 4.78 is 26.6. The maximum atomic E-state index is 12.6. The molecule has 2 rings (SSSR count). The normalized spacial score (nSPS) is 15.2. The van der Waals surface area contributed by atoms with Gasteiger partial charge >= 0.3 is 0 Å². The molecule has 0 fully saturated rings. The number of aryl methyl sites for hydroxylation is 1. The molecule has 0 spiro atoms. The molecule has 0 bridgehead atoms. The molecule has 1 aromatic rings.